The number of carbonyl (C=O) groups is 3. The molecule has 0 saturated carbocycles. The quantitative estimate of drug-likeness (QED) is 0.715. The van der Waals surface area contributed by atoms with Gasteiger partial charge in [-0.3, -0.25) is 4.79 Å². The zero-order valence-electron chi connectivity index (χ0n) is 17.6. The summed E-state index contributed by atoms with van der Waals surface area (Å²) in [5.41, 5.74) is 0.171. The predicted octanol–water partition coefficient (Wildman–Crippen LogP) is 3.05. The van der Waals surface area contributed by atoms with Gasteiger partial charge in [0, 0.05) is 25.7 Å². The van der Waals surface area contributed by atoms with Crippen LogP contribution in [-0.4, -0.2) is 64.8 Å². The standard InChI is InChI=1S/C21H23F3N2O5/c1-20(2,3)31-19(30)25(4)8-5-6-13-10-14-7-9-26(18(29)21(22,23)24)12-16(14)15(11-13)17(27)28/h10-11H,7-9,12H2,1-4H3,(H,27,28). The van der Waals surface area contributed by atoms with Crippen molar-refractivity contribution in [2.24, 2.45) is 0 Å². The Morgan fingerprint density at radius 2 is 1.87 bits per heavy atom. The van der Waals surface area contributed by atoms with E-state index in [1.807, 2.05) is 0 Å². The summed E-state index contributed by atoms with van der Waals surface area (Å²) in [4.78, 5) is 37.0. The van der Waals surface area contributed by atoms with E-state index in [9.17, 15) is 32.7 Å². The van der Waals surface area contributed by atoms with Crippen LogP contribution in [0.5, 0.6) is 0 Å². The molecular weight excluding hydrogens is 417 g/mol. The third kappa shape index (κ3) is 6.38. The number of fused-ring (bicyclic) bond motifs is 1. The maximum atomic E-state index is 12.7. The second-order valence-corrected chi connectivity index (χ2v) is 8.08. The van der Waals surface area contributed by atoms with Gasteiger partial charge in [-0.2, -0.15) is 13.2 Å². The molecule has 1 heterocycles. The SMILES string of the molecule is CN(CC#Cc1cc2c(c(C(=O)O)c1)CN(C(=O)C(F)(F)F)CC2)C(=O)OC(C)(C)C. The molecule has 0 atom stereocenters. The maximum Gasteiger partial charge on any atom is 0.471 e. The minimum absolute atomic E-state index is 0.0300. The van der Waals surface area contributed by atoms with E-state index in [2.05, 4.69) is 11.8 Å². The first-order valence-corrected chi connectivity index (χ1v) is 9.37. The molecular formula is C21H23F3N2O5. The van der Waals surface area contributed by atoms with Crippen LogP contribution in [0.15, 0.2) is 12.1 Å². The van der Waals surface area contributed by atoms with E-state index in [0.29, 0.717) is 16.0 Å². The second kappa shape index (κ2) is 8.88. The normalized spacial score (nSPS) is 13.6. The molecule has 1 aliphatic heterocycles. The molecule has 7 nitrogen and oxygen atoms in total. The molecule has 0 aliphatic carbocycles. The zero-order valence-corrected chi connectivity index (χ0v) is 17.6. The minimum Gasteiger partial charge on any atom is -0.478 e. The summed E-state index contributed by atoms with van der Waals surface area (Å²) in [6, 6.07) is 2.85. The van der Waals surface area contributed by atoms with Crippen LogP contribution < -0.4 is 0 Å². The van der Waals surface area contributed by atoms with E-state index in [1.165, 1.54) is 18.0 Å². The molecule has 1 aromatic rings. The first-order valence-electron chi connectivity index (χ1n) is 9.37. The van der Waals surface area contributed by atoms with E-state index in [4.69, 9.17) is 4.74 Å². The lowest BCUT2D eigenvalue weighted by Gasteiger charge is -2.30. The molecule has 10 heteroatoms. The van der Waals surface area contributed by atoms with Gasteiger partial charge in [0.15, 0.2) is 0 Å². The number of hydrogen-bond acceptors (Lipinski definition) is 4. The van der Waals surface area contributed by atoms with Crippen molar-refractivity contribution in [1.82, 2.24) is 9.80 Å². The molecule has 31 heavy (non-hydrogen) atoms. The summed E-state index contributed by atoms with van der Waals surface area (Å²) in [6.45, 7) is 4.60. The largest absolute Gasteiger partial charge is 0.478 e. The van der Waals surface area contributed by atoms with Gasteiger partial charge in [-0.05, 0) is 50.5 Å². The number of benzene rings is 1. The predicted molar refractivity (Wildman–Crippen MR) is 104 cm³/mol. The number of alkyl halides is 3. The zero-order chi connectivity index (χ0) is 23.6. The molecule has 2 amide bonds. The first-order chi connectivity index (χ1) is 14.2. The molecule has 0 aromatic heterocycles. The molecule has 0 fully saturated rings. The number of ether oxygens (including phenoxy) is 1. The average Bonchev–Trinajstić information content (AvgIpc) is 2.64. The molecule has 0 radical (unpaired) electrons. The number of carbonyl (C=O) groups excluding carboxylic acids is 2. The van der Waals surface area contributed by atoms with Gasteiger partial charge in [0.2, 0.25) is 0 Å². The van der Waals surface area contributed by atoms with Crippen LogP contribution in [0.4, 0.5) is 18.0 Å². The number of halogens is 3. The highest BCUT2D eigenvalue weighted by Crippen LogP contribution is 2.28. The molecule has 1 aromatic carbocycles. The fourth-order valence-corrected chi connectivity index (χ4v) is 2.95. The summed E-state index contributed by atoms with van der Waals surface area (Å²) in [5.74, 6) is 2.21. The van der Waals surface area contributed by atoms with Crippen LogP contribution in [-0.2, 0) is 22.5 Å². The second-order valence-electron chi connectivity index (χ2n) is 8.08. The molecule has 0 unspecified atom stereocenters. The topological polar surface area (TPSA) is 87.2 Å². The summed E-state index contributed by atoms with van der Waals surface area (Å²) in [7, 11) is 1.50. The van der Waals surface area contributed by atoms with Crippen LogP contribution in [0.2, 0.25) is 0 Å². The Labute approximate surface area is 177 Å². The highest BCUT2D eigenvalue weighted by atomic mass is 19.4. The fraction of sp³-hybridized carbons (Fsp3) is 0.476. The number of carboxylic acid groups (broad SMARTS) is 1. The molecule has 0 saturated heterocycles. The van der Waals surface area contributed by atoms with E-state index in [-0.39, 0.29) is 30.6 Å². The van der Waals surface area contributed by atoms with Gasteiger partial charge in [-0.25, -0.2) is 9.59 Å². The number of rotatable bonds is 2. The van der Waals surface area contributed by atoms with Gasteiger partial charge in [0.1, 0.15) is 5.60 Å². The van der Waals surface area contributed by atoms with E-state index >= 15 is 0 Å². The summed E-state index contributed by atoms with van der Waals surface area (Å²) in [5, 5.41) is 9.50. The highest BCUT2D eigenvalue weighted by Gasteiger charge is 2.43. The van der Waals surface area contributed by atoms with E-state index in [1.54, 1.807) is 26.8 Å². The van der Waals surface area contributed by atoms with Crippen LogP contribution >= 0.6 is 0 Å². The summed E-state index contributed by atoms with van der Waals surface area (Å²) in [6.07, 6.45) is -5.51. The van der Waals surface area contributed by atoms with Crippen molar-refractivity contribution in [2.45, 2.75) is 45.5 Å². The van der Waals surface area contributed by atoms with Gasteiger partial charge in [-0.15, -0.1) is 0 Å². The lowest BCUT2D eigenvalue weighted by atomic mass is 9.92. The van der Waals surface area contributed by atoms with Gasteiger partial charge in [-0.1, -0.05) is 11.8 Å². The van der Waals surface area contributed by atoms with Gasteiger partial charge in [0.25, 0.3) is 0 Å². The monoisotopic (exact) mass is 440 g/mol. The van der Waals surface area contributed by atoms with Gasteiger partial charge in [0.05, 0.1) is 12.1 Å². The Kier molecular flexibility index (Phi) is 6.89. The van der Waals surface area contributed by atoms with Crippen LogP contribution in [0.3, 0.4) is 0 Å². The number of carboxylic acids is 1. The van der Waals surface area contributed by atoms with Crippen molar-refractivity contribution < 1.29 is 37.4 Å². The van der Waals surface area contributed by atoms with E-state index < -0.39 is 36.3 Å². The molecule has 2 rings (SSSR count). The molecule has 1 N–H and O–H groups in total. The Bertz CT molecular complexity index is 955. The van der Waals surface area contributed by atoms with Crippen molar-refractivity contribution in [1.29, 1.82) is 0 Å². The van der Waals surface area contributed by atoms with Crippen molar-refractivity contribution in [3.05, 3.63) is 34.4 Å². The van der Waals surface area contributed by atoms with Crippen LogP contribution in [0.1, 0.15) is 47.8 Å². The summed E-state index contributed by atoms with van der Waals surface area (Å²) < 4.78 is 43.4. The van der Waals surface area contributed by atoms with E-state index in [0.717, 1.165) is 0 Å². The lowest BCUT2D eigenvalue weighted by molar-refractivity contribution is -0.186. The average molecular weight is 440 g/mol. The van der Waals surface area contributed by atoms with Crippen molar-refractivity contribution in [3.8, 4) is 11.8 Å². The van der Waals surface area contributed by atoms with Gasteiger partial charge >= 0.3 is 24.1 Å². The minimum atomic E-state index is -5.02. The van der Waals surface area contributed by atoms with Crippen LogP contribution in [0, 0.1) is 11.8 Å². The Balaban J connectivity index is 2.22. The number of nitrogens with zero attached hydrogens (tertiary/aromatic N) is 2. The number of amides is 2. The molecule has 0 bridgehead atoms. The third-order valence-corrected chi connectivity index (χ3v) is 4.36. The van der Waals surface area contributed by atoms with Gasteiger partial charge < -0.3 is 19.6 Å². The maximum absolute atomic E-state index is 12.7. The van der Waals surface area contributed by atoms with Crippen LogP contribution in [0.25, 0.3) is 0 Å². The number of hydrogen-bond donors (Lipinski definition) is 1. The Hall–Kier alpha value is -3.22. The Morgan fingerprint density at radius 1 is 1.23 bits per heavy atom. The smallest absolute Gasteiger partial charge is 0.471 e. The molecule has 0 spiro atoms. The first kappa shape index (κ1) is 24.1. The molecule has 1 aliphatic rings. The molecule has 168 valence electrons. The lowest BCUT2D eigenvalue weighted by Crippen LogP contribution is -2.44. The van der Waals surface area contributed by atoms with Crippen molar-refractivity contribution in [3.63, 3.8) is 0 Å². The highest BCUT2D eigenvalue weighted by molar-refractivity contribution is 5.91. The van der Waals surface area contributed by atoms with Crippen molar-refractivity contribution >= 4 is 18.0 Å². The van der Waals surface area contributed by atoms with Crippen molar-refractivity contribution in [2.75, 3.05) is 20.1 Å². The summed E-state index contributed by atoms with van der Waals surface area (Å²) >= 11 is 0. The fourth-order valence-electron chi connectivity index (χ4n) is 2.95. The Morgan fingerprint density at radius 3 is 2.42 bits per heavy atom. The number of aromatic carboxylic acids is 1. The third-order valence-electron chi connectivity index (χ3n) is 4.36.